The van der Waals surface area contributed by atoms with Gasteiger partial charge in [-0.05, 0) is 49.2 Å². The van der Waals surface area contributed by atoms with Gasteiger partial charge in [0.25, 0.3) is 5.56 Å². The minimum atomic E-state index is -0.231. The standard InChI is InChI=1S/C24H20BN5O/c1-14-7-6-8-16-11-19(30(24(31)20(14)16)17-9-4-3-5-10-17)15(2)29-23-21-18(25)12-26-22(21)27-13-28-23/h3-13,15H,1-2H3,(H2,26,27,28,29)/t15-/m0/s1. The molecule has 0 unspecified atom stereocenters. The lowest BCUT2D eigenvalue weighted by molar-refractivity contribution is 0.774. The van der Waals surface area contributed by atoms with Gasteiger partial charge in [0.15, 0.2) is 0 Å². The van der Waals surface area contributed by atoms with Gasteiger partial charge >= 0.3 is 0 Å². The predicted octanol–water partition coefficient (Wildman–Crippen LogP) is 3.54. The van der Waals surface area contributed by atoms with Crippen LogP contribution in [-0.4, -0.2) is 27.4 Å². The Kier molecular flexibility index (Phi) is 4.58. The fourth-order valence-corrected chi connectivity index (χ4v) is 4.09. The summed E-state index contributed by atoms with van der Waals surface area (Å²) in [5.41, 5.74) is 3.79. The second-order valence-corrected chi connectivity index (χ2v) is 7.64. The second kappa shape index (κ2) is 7.43. The van der Waals surface area contributed by atoms with Gasteiger partial charge in [0.2, 0.25) is 0 Å². The van der Waals surface area contributed by atoms with Gasteiger partial charge in [-0.15, -0.1) is 0 Å². The number of anilines is 1. The van der Waals surface area contributed by atoms with Gasteiger partial charge in [-0.25, -0.2) is 9.97 Å². The van der Waals surface area contributed by atoms with E-state index >= 15 is 0 Å². The van der Waals surface area contributed by atoms with Crippen molar-refractivity contribution in [1.82, 2.24) is 19.5 Å². The van der Waals surface area contributed by atoms with Crippen molar-refractivity contribution in [3.8, 4) is 5.69 Å². The molecular weight excluding hydrogens is 385 g/mol. The van der Waals surface area contributed by atoms with Crippen molar-refractivity contribution in [2.24, 2.45) is 0 Å². The molecule has 3 heterocycles. The number of benzene rings is 2. The van der Waals surface area contributed by atoms with E-state index in [1.807, 2.05) is 62.4 Å². The number of hydrogen-bond donors (Lipinski definition) is 2. The highest BCUT2D eigenvalue weighted by Crippen LogP contribution is 2.26. The van der Waals surface area contributed by atoms with Crippen molar-refractivity contribution in [2.75, 3.05) is 5.32 Å². The Balaban J connectivity index is 1.71. The highest BCUT2D eigenvalue weighted by Gasteiger charge is 2.19. The molecule has 0 amide bonds. The van der Waals surface area contributed by atoms with Gasteiger partial charge in [0, 0.05) is 11.4 Å². The van der Waals surface area contributed by atoms with Gasteiger partial charge in [0.1, 0.15) is 25.6 Å². The predicted molar refractivity (Wildman–Crippen MR) is 126 cm³/mol. The Morgan fingerprint density at radius 1 is 1.06 bits per heavy atom. The normalized spacial score (nSPS) is 12.3. The Labute approximate surface area is 180 Å². The number of hydrogen-bond acceptors (Lipinski definition) is 4. The van der Waals surface area contributed by atoms with E-state index in [4.69, 9.17) is 7.85 Å². The summed E-state index contributed by atoms with van der Waals surface area (Å²) in [6, 6.07) is 17.4. The van der Waals surface area contributed by atoms with Crippen molar-refractivity contribution in [3.05, 3.63) is 88.7 Å². The lowest BCUT2D eigenvalue weighted by Crippen LogP contribution is -2.26. The summed E-state index contributed by atoms with van der Waals surface area (Å²) < 4.78 is 1.77. The van der Waals surface area contributed by atoms with Crippen LogP contribution < -0.4 is 16.3 Å². The monoisotopic (exact) mass is 405 g/mol. The van der Waals surface area contributed by atoms with Crippen LogP contribution in [0.1, 0.15) is 24.2 Å². The van der Waals surface area contributed by atoms with E-state index < -0.39 is 0 Å². The first-order valence-corrected chi connectivity index (χ1v) is 10.1. The van der Waals surface area contributed by atoms with Crippen molar-refractivity contribution < 1.29 is 0 Å². The molecule has 0 aliphatic rings. The molecular formula is C24H20BN5O. The van der Waals surface area contributed by atoms with Crippen LogP contribution in [0.3, 0.4) is 0 Å². The summed E-state index contributed by atoms with van der Waals surface area (Å²) in [5, 5.41) is 5.81. The smallest absolute Gasteiger partial charge is 0.263 e. The number of H-pyrrole nitrogens is 1. The lowest BCUT2D eigenvalue weighted by atomic mass is 9.97. The summed E-state index contributed by atoms with van der Waals surface area (Å²) in [6.45, 7) is 3.97. The Bertz CT molecular complexity index is 1470. The SMILES string of the molecule is [B]c1c[nH]c2ncnc(N[C@@H](C)c3cc4cccc(C)c4c(=O)n3-c3ccccc3)c12. The van der Waals surface area contributed by atoms with E-state index in [9.17, 15) is 4.79 Å². The van der Waals surface area contributed by atoms with Gasteiger partial charge in [0.05, 0.1) is 16.8 Å². The number of aromatic amines is 1. The van der Waals surface area contributed by atoms with E-state index in [2.05, 4.69) is 26.3 Å². The van der Waals surface area contributed by atoms with Crippen LogP contribution in [0.15, 0.2) is 71.9 Å². The van der Waals surface area contributed by atoms with E-state index in [-0.39, 0.29) is 11.6 Å². The molecule has 0 aliphatic heterocycles. The molecule has 0 saturated carbocycles. The molecule has 0 saturated heterocycles. The quantitative estimate of drug-likeness (QED) is 0.449. The van der Waals surface area contributed by atoms with Gasteiger partial charge in [-0.1, -0.05) is 41.9 Å². The summed E-state index contributed by atoms with van der Waals surface area (Å²) in [4.78, 5) is 25.3. The number of para-hydroxylation sites is 1. The van der Waals surface area contributed by atoms with Gasteiger partial charge in [-0.2, -0.15) is 0 Å². The molecule has 150 valence electrons. The van der Waals surface area contributed by atoms with Crippen molar-refractivity contribution in [1.29, 1.82) is 0 Å². The third-order valence-corrected chi connectivity index (χ3v) is 5.60. The summed E-state index contributed by atoms with van der Waals surface area (Å²) in [7, 11) is 6.12. The summed E-state index contributed by atoms with van der Waals surface area (Å²) >= 11 is 0. The molecule has 0 aliphatic carbocycles. The maximum atomic E-state index is 13.6. The molecule has 31 heavy (non-hydrogen) atoms. The van der Waals surface area contributed by atoms with Crippen LogP contribution in [-0.2, 0) is 0 Å². The number of fused-ring (bicyclic) bond motifs is 2. The number of aryl methyl sites for hydroxylation is 1. The maximum absolute atomic E-state index is 13.6. The maximum Gasteiger partial charge on any atom is 0.263 e. The average Bonchev–Trinajstić information content (AvgIpc) is 3.16. The Morgan fingerprint density at radius 2 is 1.87 bits per heavy atom. The van der Waals surface area contributed by atoms with Crippen molar-refractivity contribution in [2.45, 2.75) is 19.9 Å². The van der Waals surface area contributed by atoms with Gasteiger partial charge < -0.3 is 10.3 Å². The molecule has 6 nitrogen and oxygen atoms in total. The Morgan fingerprint density at radius 3 is 2.68 bits per heavy atom. The Hall–Kier alpha value is -3.87. The first kappa shape index (κ1) is 19.1. The first-order valence-electron chi connectivity index (χ1n) is 10.1. The summed E-state index contributed by atoms with van der Waals surface area (Å²) in [6.07, 6.45) is 3.19. The van der Waals surface area contributed by atoms with Crippen LogP contribution >= 0.6 is 0 Å². The number of rotatable bonds is 4. The molecule has 0 fully saturated rings. The first-order chi connectivity index (χ1) is 15.0. The highest BCUT2D eigenvalue weighted by molar-refractivity contribution is 6.39. The van der Waals surface area contributed by atoms with Gasteiger partial charge in [-0.3, -0.25) is 9.36 Å². The zero-order valence-electron chi connectivity index (χ0n) is 17.3. The topological polar surface area (TPSA) is 75.6 Å². The van der Waals surface area contributed by atoms with E-state index in [0.717, 1.165) is 33.1 Å². The molecule has 0 spiro atoms. The fraction of sp³-hybridized carbons (Fsp3) is 0.125. The number of nitrogens with one attached hydrogen (secondary N) is 2. The molecule has 2 N–H and O–H groups in total. The number of pyridine rings is 1. The van der Waals surface area contributed by atoms with Crippen LogP contribution in [0, 0.1) is 6.92 Å². The molecule has 5 aromatic rings. The number of aromatic nitrogens is 4. The zero-order chi connectivity index (χ0) is 21.5. The van der Waals surface area contributed by atoms with Crippen LogP contribution in [0.4, 0.5) is 5.82 Å². The van der Waals surface area contributed by atoms with Crippen LogP contribution in [0.2, 0.25) is 0 Å². The minimum Gasteiger partial charge on any atom is -0.361 e. The molecule has 7 heteroatoms. The van der Waals surface area contributed by atoms with E-state index in [1.165, 1.54) is 6.33 Å². The van der Waals surface area contributed by atoms with Crippen LogP contribution in [0.5, 0.6) is 0 Å². The fourth-order valence-electron chi connectivity index (χ4n) is 4.09. The molecule has 1 atom stereocenters. The minimum absolute atomic E-state index is 0.0422. The molecule has 2 aromatic carbocycles. The van der Waals surface area contributed by atoms with Crippen molar-refractivity contribution in [3.63, 3.8) is 0 Å². The molecule has 5 rings (SSSR count). The largest absolute Gasteiger partial charge is 0.361 e. The molecule has 2 radical (unpaired) electrons. The summed E-state index contributed by atoms with van der Waals surface area (Å²) in [5.74, 6) is 0.618. The molecule has 0 bridgehead atoms. The zero-order valence-corrected chi connectivity index (χ0v) is 17.3. The van der Waals surface area contributed by atoms with Crippen LogP contribution in [0.25, 0.3) is 27.5 Å². The second-order valence-electron chi connectivity index (χ2n) is 7.64. The lowest BCUT2D eigenvalue weighted by Gasteiger charge is -2.22. The average molecular weight is 405 g/mol. The molecule has 3 aromatic heterocycles. The third-order valence-electron chi connectivity index (χ3n) is 5.60. The van der Waals surface area contributed by atoms with Crippen molar-refractivity contribution >= 4 is 40.9 Å². The third kappa shape index (κ3) is 3.19. The van der Waals surface area contributed by atoms with E-state index in [0.29, 0.717) is 16.9 Å². The number of nitrogens with zero attached hydrogens (tertiary/aromatic N) is 3. The highest BCUT2D eigenvalue weighted by atomic mass is 16.1. The van der Waals surface area contributed by atoms with E-state index in [1.54, 1.807) is 10.8 Å².